The van der Waals surface area contributed by atoms with Crippen LogP contribution in [0.1, 0.15) is 29.2 Å². The first-order valence-corrected chi connectivity index (χ1v) is 6.84. The lowest BCUT2D eigenvalue weighted by molar-refractivity contribution is 0.157. The molecule has 19 heavy (non-hydrogen) atoms. The van der Waals surface area contributed by atoms with E-state index >= 15 is 0 Å². The third-order valence-electron chi connectivity index (χ3n) is 3.26. The van der Waals surface area contributed by atoms with Crippen LogP contribution in [0.2, 0.25) is 0 Å². The number of aryl methyl sites for hydroxylation is 2. The summed E-state index contributed by atoms with van der Waals surface area (Å²) in [5.41, 5.74) is 9.84. The number of hydrogen-bond donors (Lipinski definition) is 3. The van der Waals surface area contributed by atoms with Crippen molar-refractivity contribution in [2.24, 2.45) is 5.73 Å². The van der Waals surface area contributed by atoms with Crippen LogP contribution < -0.4 is 5.73 Å². The first-order chi connectivity index (χ1) is 9.06. The summed E-state index contributed by atoms with van der Waals surface area (Å²) in [6.07, 6.45) is 0.822. The summed E-state index contributed by atoms with van der Waals surface area (Å²) in [5.74, 6) is 0. The van der Waals surface area contributed by atoms with E-state index in [1.165, 1.54) is 11.1 Å². The molecule has 0 saturated carbocycles. The molecule has 4 heteroatoms. The van der Waals surface area contributed by atoms with Gasteiger partial charge >= 0.3 is 0 Å². The Morgan fingerprint density at radius 2 is 1.53 bits per heavy atom. The number of aliphatic hydroxyl groups excluding tert-OH is 2. The number of aliphatic hydroxyl groups is 2. The van der Waals surface area contributed by atoms with Gasteiger partial charge in [0.25, 0.3) is 0 Å². The normalized spacial score (nSPS) is 12.9. The van der Waals surface area contributed by atoms with E-state index in [9.17, 15) is 0 Å². The van der Waals surface area contributed by atoms with Crippen LogP contribution in [-0.2, 0) is 0 Å². The molecule has 0 aliphatic rings. The van der Waals surface area contributed by atoms with Gasteiger partial charge in [0.15, 0.2) is 0 Å². The van der Waals surface area contributed by atoms with Crippen LogP contribution >= 0.6 is 0 Å². The third kappa shape index (κ3) is 5.70. The highest BCUT2D eigenvalue weighted by molar-refractivity contribution is 5.30. The smallest absolute Gasteiger partial charge is 0.0558 e. The largest absolute Gasteiger partial charge is 0.395 e. The van der Waals surface area contributed by atoms with Gasteiger partial charge in [-0.25, -0.2) is 0 Å². The van der Waals surface area contributed by atoms with Crippen molar-refractivity contribution < 1.29 is 10.2 Å². The van der Waals surface area contributed by atoms with Crippen LogP contribution in [0.25, 0.3) is 0 Å². The predicted octanol–water partition coefficient (Wildman–Crippen LogP) is 0.980. The number of rotatable bonds is 8. The van der Waals surface area contributed by atoms with Crippen LogP contribution in [0.15, 0.2) is 18.2 Å². The molecule has 0 heterocycles. The summed E-state index contributed by atoms with van der Waals surface area (Å²) in [5, 5.41) is 17.9. The number of benzene rings is 1. The number of nitrogens with zero attached hydrogens (tertiary/aromatic N) is 1. The molecule has 0 radical (unpaired) electrons. The monoisotopic (exact) mass is 266 g/mol. The number of hydrogen-bond acceptors (Lipinski definition) is 4. The molecule has 4 N–H and O–H groups in total. The molecule has 1 unspecified atom stereocenters. The maximum absolute atomic E-state index is 8.96. The Labute approximate surface area is 115 Å². The van der Waals surface area contributed by atoms with Gasteiger partial charge in [-0.05, 0) is 25.8 Å². The van der Waals surface area contributed by atoms with Crippen molar-refractivity contribution >= 4 is 0 Å². The predicted molar refractivity (Wildman–Crippen MR) is 78.1 cm³/mol. The Bertz CT molecular complexity index is 356. The van der Waals surface area contributed by atoms with Crippen LogP contribution in [-0.4, -0.2) is 48.0 Å². The lowest BCUT2D eigenvalue weighted by atomic mass is 9.99. The summed E-state index contributed by atoms with van der Waals surface area (Å²) in [6.45, 7) is 6.33. The topological polar surface area (TPSA) is 69.7 Å². The molecule has 1 rings (SSSR count). The van der Waals surface area contributed by atoms with Gasteiger partial charge in [0.05, 0.1) is 13.2 Å². The standard InChI is InChI=1S/C15H26N2O2/c1-12-9-13(2)11-14(10-12)15(16)3-4-17(5-7-18)6-8-19/h9-11,15,18-19H,3-8,16H2,1-2H3. The van der Waals surface area contributed by atoms with Gasteiger partial charge in [0.1, 0.15) is 0 Å². The van der Waals surface area contributed by atoms with E-state index < -0.39 is 0 Å². The minimum atomic E-state index is -0.00140. The molecular weight excluding hydrogens is 240 g/mol. The van der Waals surface area contributed by atoms with Gasteiger partial charge in [0, 0.05) is 25.7 Å². The lowest BCUT2D eigenvalue weighted by Crippen LogP contribution is -2.32. The molecular formula is C15H26N2O2. The summed E-state index contributed by atoms with van der Waals surface area (Å²) in [7, 11) is 0. The van der Waals surface area contributed by atoms with Crippen LogP contribution in [0.3, 0.4) is 0 Å². The Kier molecular flexibility index (Phi) is 7.02. The molecule has 0 amide bonds. The zero-order chi connectivity index (χ0) is 14.3. The molecule has 0 aromatic heterocycles. The van der Waals surface area contributed by atoms with Crippen molar-refractivity contribution in [3.05, 3.63) is 34.9 Å². The fraction of sp³-hybridized carbons (Fsp3) is 0.600. The van der Waals surface area contributed by atoms with Crippen molar-refractivity contribution in [1.29, 1.82) is 0 Å². The second kappa shape index (κ2) is 8.27. The second-order valence-corrected chi connectivity index (χ2v) is 5.11. The highest BCUT2D eigenvalue weighted by atomic mass is 16.3. The third-order valence-corrected chi connectivity index (χ3v) is 3.26. The van der Waals surface area contributed by atoms with Crippen molar-refractivity contribution in [2.75, 3.05) is 32.8 Å². The van der Waals surface area contributed by atoms with Gasteiger partial charge in [-0.1, -0.05) is 29.3 Å². The fourth-order valence-electron chi connectivity index (χ4n) is 2.33. The molecule has 0 bridgehead atoms. The van der Waals surface area contributed by atoms with E-state index in [1.807, 2.05) is 4.90 Å². The Morgan fingerprint density at radius 3 is 2.00 bits per heavy atom. The first-order valence-electron chi connectivity index (χ1n) is 6.84. The van der Waals surface area contributed by atoms with Gasteiger partial charge in [-0.15, -0.1) is 0 Å². The van der Waals surface area contributed by atoms with Crippen LogP contribution in [0.5, 0.6) is 0 Å². The summed E-state index contributed by atoms with van der Waals surface area (Å²) in [4.78, 5) is 2.03. The number of nitrogens with two attached hydrogens (primary N) is 1. The molecule has 0 fully saturated rings. The zero-order valence-electron chi connectivity index (χ0n) is 12.0. The van der Waals surface area contributed by atoms with Gasteiger partial charge in [-0.2, -0.15) is 0 Å². The Balaban J connectivity index is 2.55. The highest BCUT2D eigenvalue weighted by Crippen LogP contribution is 2.18. The average Bonchev–Trinajstić information content (AvgIpc) is 2.35. The van der Waals surface area contributed by atoms with E-state index in [4.69, 9.17) is 15.9 Å². The fourth-order valence-corrected chi connectivity index (χ4v) is 2.33. The molecule has 108 valence electrons. The highest BCUT2D eigenvalue weighted by Gasteiger charge is 2.10. The van der Waals surface area contributed by atoms with Crippen molar-refractivity contribution in [1.82, 2.24) is 4.90 Å². The maximum atomic E-state index is 8.96. The minimum absolute atomic E-state index is 0.00140. The van der Waals surface area contributed by atoms with Gasteiger partial charge in [-0.3, -0.25) is 4.90 Å². The van der Waals surface area contributed by atoms with Crippen LogP contribution in [0, 0.1) is 13.8 Å². The van der Waals surface area contributed by atoms with Crippen molar-refractivity contribution in [3.8, 4) is 0 Å². The maximum Gasteiger partial charge on any atom is 0.0558 e. The summed E-state index contributed by atoms with van der Waals surface area (Å²) in [6, 6.07) is 6.39. The average molecular weight is 266 g/mol. The lowest BCUT2D eigenvalue weighted by Gasteiger charge is -2.22. The molecule has 1 atom stereocenters. The van der Waals surface area contributed by atoms with E-state index in [0.29, 0.717) is 13.1 Å². The molecule has 0 saturated heterocycles. The molecule has 4 nitrogen and oxygen atoms in total. The molecule has 0 aliphatic carbocycles. The van der Waals surface area contributed by atoms with E-state index in [1.54, 1.807) is 0 Å². The van der Waals surface area contributed by atoms with E-state index in [-0.39, 0.29) is 19.3 Å². The molecule has 0 aliphatic heterocycles. The van der Waals surface area contributed by atoms with Gasteiger partial charge < -0.3 is 15.9 Å². The Hall–Kier alpha value is -0.940. The van der Waals surface area contributed by atoms with Crippen molar-refractivity contribution in [3.63, 3.8) is 0 Å². The van der Waals surface area contributed by atoms with E-state index in [2.05, 4.69) is 32.0 Å². The summed E-state index contributed by atoms with van der Waals surface area (Å²) < 4.78 is 0. The van der Waals surface area contributed by atoms with Gasteiger partial charge in [0.2, 0.25) is 0 Å². The second-order valence-electron chi connectivity index (χ2n) is 5.11. The molecule has 0 spiro atoms. The summed E-state index contributed by atoms with van der Waals surface area (Å²) >= 11 is 0. The molecule has 1 aromatic rings. The Morgan fingerprint density at radius 1 is 1.00 bits per heavy atom. The minimum Gasteiger partial charge on any atom is -0.395 e. The zero-order valence-corrected chi connectivity index (χ0v) is 12.0. The first kappa shape index (κ1) is 16.1. The quantitative estimate of drug-likeness (QED) is 0.656. The van der Waals surface area contributed by atoms with E-state index in [0.717, 1.165) is 18.5 Å². The SMILES string of the molecule is Cc1cc(C)cc(C(N)CCN(CCO)CCO)c1. The van der Waals surface area contributed by atoms with Crippen LogP contribution in [0.4, 0.5) is 0 Å². The molecule has 1 aromatic carbocycles. The van der Waals surface area contributed by atoms with Crippen molar-refractivity contribution in [2.45, 2.75) is 26.3 Å².